The fourth-order valence-corrected chi connectivity index (χ4v) is 4.09. The molecule has 0 aliphatic carbocycles. The van der Waals surface area contributed by atoms with Crippen LogP contribution in [0, 0.1) is 5.92 Å². The molecule has 6 nitrogen and oxygen atoms in total. The lowest BCUT2D eigenvalue weighted by atomic mass is 9.79. The average molecular weight is 499 g/mol. The maximum atomic E-state index is 14.0. The molecule has 1 aliphatic heterocycles. The summed E-state index contributed by atoms with van der Waals surface area (Å²) < 4.78 is 47.6. The van der Waals surface area contributed by atoms with E-state index in [-0.39, 0.29) is 22.1 Å². The Balaban J connectivity index is 1.83. The zero-order valence-corrected chi connectivity index (χ0v) is 18.0. The molecule has 11 heteroatoms. The van der Waals surface area contributed by atoms with E-state index in [1.54, 1.807) is 12.1 Å². The summed E-state index contributed by atoms with van der Waals surface area (Å²) in [6.45, 7) is 0. The highest BCUT2D eigenvalue weighted by atomic mass is 35.5. The lowest BCUT2D eigenvalue weighted by Gasteiger charge is -2.44. The van der Waals surface area contributed by atoms with Gasteiger partial charge in [0, 0.05) is 16.1 Å². The van der Waals surface area contributed by atoms with Gasteiger partial charge in [-0.05, 0) is 30.3 Å². The first-order valence-electron chi connectivity index (χ1n) is 9.53. The second kappa shape index (κ2) is 8.40. The van der Waals surface area contributed by atoms with Crippen LogP contribution in [0.4, 0.5) is 18.0 Å². The topological polar surface area (TPSA) is 91.6 Å². The first-order chi connectivity index (χ1) is 15.5. The van der Waals surface area contributed by atoms with Crippen molar-refractivity contribution in [2.45, 2.75) is 17.9 Å². The third kappa shape index (κ3) is 4.19. The molecule has 4 rings (SSSR count). The maximum Gasteiger partial charge on any atom is 0.437 e. The van der Waals surface area contributed by atoms with Crippen LogP contribution in [0.25, 0.3) is 11.3 Å². The summed E-state index contributed by atoms with van der Waals surface area (Å²) in [5.41, 5.74) is -3.58. The molecule has 1 saturated heterocycles. The summed E-state index contributed by atoms with van der Waals surface area (Å²) in [4.78, 5) is 25.3. The number of furan rings is 1. The molecule has 172 valence electrons. The van der Waals surface area contributed by atoms with Crippen molar-refractivity contribution in [2.75, 3.05) is 0 Å². The molecule has 0 saturated carbocycles. The van der Waals surface area contributed by atoms with Crippen molar-refractivity contribution in [3.63, 3.8) is 0 Å². The molecule has 2 heterocycles. The van der Waals surface area contributed by atoms with Gasteiger partial charge in [0.15, 0.2) is 5.78 Å². The van der Waals surface area contributed by atoms with E-state index in [0.717, 1.165) is 0 Å². The molecule has 3 aromatic rings. The van der Waals surface area contributed by atoms with Crippen molar-refractivity contribution in [3.8, 4) is 11.3 Å². The van der Waals surface area contributed by atoms with Crippen LogP contribution in [0.1, 0.15) is 22.2 Å². The largest absolute Gasteiger partial charge is 0.459 e. The molecule has 1 aromatic heterocycles. The van der Waals surface area contributed by atoms with Crippen LogP contribution < -0.4 is 10.6 Å². The fourth-order valence-electron chi connectivity index (χ4n) is 3.71. The van der Waals surface area contributed by atoms with Gasteiger partial charge in [-0.3, -0.25) is 4.79 Å². The van der Waals surface area contributed by atoms with Gasteiger partial charge in [0.1, 0.15) is 23.5 Å². The third-order valence-electron chi connectivity index (χ3n) is 5.27. The molecule has 1 aliphatic rings. The van der Waals surface area contributed by atoms with Crippen LogP contribution in [-0.4, -0.2) is 28.8 Å². The third-order valence-corrected chi connectivity index (χ3v) is 5.84. The number of nitrogens with one attached hydrogen (secondary N) is 2. The van der Waals surface area contributed by atoms with Gasteiger partial charge in [-0.15, -0.1) is 0 Å². The van der Waals surface area contributed by atoms with Crippen LogP contribution in [0.5, 0.6) is 0 Å². The number of benzene rings is 2. The zero-order valence-electron chi connectivity index (χ0n) is 16.5. The van der Waals surface area contributed by atoms with Crippen LogP contribution in [-0.2, 0) is 0 Å². The van der Waals surface area contributed by atoms with Crippen LogP contribution in [0.2, 0.25) is 10.0 Å². The van der Waals surface area contributed by atoms with Crippen molar-refractivity contribution in [1.29, 1.82) is 0 Å². The number of urea groups is 1. The summed E-state index contributed by atoms with van der Waals surface area (Å²) in [6, 6.07) is 11.4. The van der Waals surface area contributed by atoms with Gasteiger partial charge in [0.05, 0.1) is 5.02 Å². The molecule has 2 amide bonds. The Kier molecular flexibility index (Phi) is 5.90. The molecule has 3 atom stereocenters. The Morgan fingerprint density at radius 1 is 1.06 bits per heavy atom. The number of aliphatic hydroxyl groups is 1. The molecule has 0 bridgehead atoms. The Bertz CT molecular complexity index is 1220. The van der Waals surface area contributed by atoms with Crippen molar-refractivity contribution in [1.82, 2.24) is 10.6 Å². The number of rotatable bonds is 4. The van der Waals surface area contributed by atoms with Gasteiger partial charge >= 0.3 is 12.2 Å². The minimum absolute atomic E-state index is 0.0854. The van der Waals surface area contributed by atoms with E-state index in [0.29, 0.717) is 10.6 Å². The number of Topliss-reactive ketones (excluding diaryl/α,β-unsaturated/α-hetero) is 1. The first-order valence-corrected chi connectivity index (χ1v) is 10.3. The molecular formula is C22H15Cl2F3N2O4. The lowest BCUT2D eigenvalue weighted by Crippen LogP contribution is -2.72. The molecule has 3 N–H and O–H groups in total. The second-order valence-corrected chi connectivity index (χ2v) is 8.22. The van der Waals surface area contributed by atoms with Crippen LogP contribution in [0.3, 0.4) is 0 Å². The van der Waals surface area contributed by atoms with Crippen molar-refractivity contribution < 1.29 is 32.3 Å². The van der Waals surface area contributed by atoms with Gasteiger partial charge in [-0.2, -0.15) is 13.2 Å². The van der Waals surface area contributed by atoms with Crippen LogP contribution >= 0.6 is 23.2 Å². The van der Waals surface area contributed by atoms with E-state index >= 15 is 0 Å². The minimum Gasteiger partial charge on any atom is -0.459 e. The molecule has 1 fully saturated rings. The summed E-state index contributed by atoms with van der Waals surface area (Å²) in [6.07, 6.45) is -5.37. The Morgan fingerprint density at radius 3 is 2.42 bits per heavy atom. The molecule has 33 heavy (non-hydrogen) atoms. The summed E-state index contributed by atoms with van der Waals surface area (Å²) in [5, 5.41) is 14.9. The predicted molar refractivity (Wildman–Crippen MR) is 114 cm³/mol. The SMILES string of the molecule is O=C1N[C@@H](c2ccc(-c3cc(Cl)ccc3Cl)o2)[C@@H](C(=O)c2ccccc2)[C@@](O)(C(F)(F)F)N1. The Morgan fingerprint density at radius 2 is 1.76 bits per heavy atom. The second-order valence-electron chi connectivity index (χ2n) is 7.37. The van der Waals surface area contributed by atoms with E-state index in [1.165, 1.54) is 53.8 Å². The fraction of sp³-hybridized carbons (Fsp3) is 0.182. The quantitative estimate of drug-likeness (QED) is 0.422. The monoisotopic (exact) mass is 498 g/mol. The highest BCUT2D eigenvalue weighted by Crippen LogP contribution is 2.45. The highest BCUT2D eigenvalue weighted by Gasteiger charge is 2.66. The van der Waals surface area contributed by atoms with Gasteiger partial charge in [0.25, 0.3) is 0 Å². The van der Waals surface area contributed by atoms with E-state index < -0.39 is 35.7 Å². The number of hydrogen-bond acceptors (Lipinski definition) is 4. The summed E-state index contributed by atoms with van der Waals surface area (Å²) >= 11 is 12.2. The number of hydrogen-bond donors (Lipinski definition) is 3. The van der Waals surface area contributed by atoms with Gasteiger partial charge < -0.3 is 20.2 Å². The minimum atomic E-state index is -5.37. The number of halogens is 5. The number of carbonyl (C=O) groups is 2. The smallest absolute Gasteiger partial charge is 0.437 e. The van der Waals surface area contributed by atoms with Crippen molar-refractivity contribution in [2.24, 2.45) is 5.92 Å². The van der Waals surface area contributed by atoms with E-state index in [4.69, 9.17) is 27.6 Å². The van der Waals surface area contributed by atoms with E-state index in [2.05, 4.69) is 5.32 Å². The molecule has 0 radical (unpaired) electrons. The maximum absolute atomic E-state index is 14.0. The predicted octanol–water partition coefficient (Wildman–Crippen LogP) is 5.36. The van der Waals surface area contributed by atoms with Gasteiger partial charge in [0.2, 0.25) is 5.72 Å². The van der Waals surface area contributed by atoms with Crippen LogP contribution in [0.15, 0.2) is 65.1 Å². The molecule has 0 spiro atoms. The number of alkyl halides is 3. The molecule has 0 unspecified atom stereocenters. The van der Waals surface area contributed by atoms with Gasteiger partial charge in [-0.1, -0.05) is 53.5 Å². The Labute approximate surface area is 195 Å². The van der Waals surface area contributed by atoms with Crippen molar-refractivity contribution >= 4 is 35.0 Å². The number of amides is 2. The summed E-state index contributed by atoms with van der Waals surface area (Å²) in [5.74, 6) is -3.29. The lowest BCUT2D eigenvalue weighted by molar-refractivity contribution is -0.288. The van der Waals surface area contributed by atoms with E-state index in [1.807, 2.05) is 0 Å². The molecular weight excluding hydrogens is 484 g/mol. The molecule has 2 aromatic carbocycles. The van der Waals surface area contributed by atoms with Crippen molar-refractivity contribution in [3.05, 3.63) is 82.0 Å². The summed E-state index contributed by atoms with van der Waals surface area (Å²) in [7, 11) is 0. The standard InChI is InChI=1S/C22H15Cl2F3N2O4/c23-12-6-7-14(24)13(10-12)15-8-9-16(33-15)18-17(19(30)11-4-2-1-3-5-11)21(32,22(25,26)27)29-20(31)28-18/h1-10,17-18,32H,(H2,28,29,31)/t17-,18-,21+/m0/s1. The van der Waals surface area contributed by atoms with Gasteiger partial charge in [-0.25, -0.2) is 4.79 Å². The van der Waals surface area contributed by atoms with E-state index in [9.17, 15) is 27.9 Å². The first kappa shape index (κ1) is 23.2. The highest BCUT2D eigenvalue weighted by molar-refractivity contribution is 6.35. The number of ketones is 1. The Hall–Kier alpha value is -3.01. The number of carbonyl (C=O) groups excluding carboxylic acids is 2. The normalized spacial score (nSPS) is 23.0. The zero-order chi connectivity index (χ0) is 24.0. The average Bonchev–Trinajstić information content (AvgIpc) is 3.24.